The molecule has 0 aliphatic carbocycles. The molecule has 0 saturated carbocycles. The summed E-state index contributed by atoms with van der Waals surface area (Å²) in [4.78, 5) is 7.05. The predicted molar refractivity (Wildman–Crippen MR) is 87.8 cm³/mol. The molecule has 1 aromatic carbocycles. The van der Waals surface area contributed by atoms with Gasteiger partial charge in [0.05, 0.1) is 5.92 Å². The van der Waals surface area contributed by atoms with Gasteiger partial charge in [0.1, 0.15) is 0 Å². The highest BCUT2D eigenvalue weighted by Gasteiger charge is 2.28. The van der Waals surface area contributed by atoms with Crippen molar-refractivity contribution in [2.24, 2.45) is 7.05 Å². The van der Waals surface area contributed by atoms with Gasteiger partial charge in [0, 0.05) is 37.6 Å². The van der Waals surface area contributed by atoms with Gasteiger partial charge in [0.25, 0.3) is 0 Å². The lowest BCUT2D eigenvalue weighted by atomic mass is 10.1. The lowest BCUT2D eigenvalue weighted by Gasteiger charge is -2.15. The van der Waals surface area contributed by atoms with Crippen molar-refractivity contribution in [3.05, 3.63) is 60.2 Å². The molecule has 2 aromatic heterocycles. The molecule has 3 aromatic rings. The maximum absolute atomic E-state index is 5.52. The van der Waals surface area contributed by atoms with E-state index < -0.39 is 0 Å². The summed E-state index contributed by atoms with van der Waals surface area (Å²) in [5, 5.41) is 4.14. The van der Waals surface area contributed by atoms with Crippen LogP contribution < -0.4 is 0 Å². The number of nitrogens with zero attached hydrogens (tertiary/aromatic N) is 4. The van der Waals surface area contributed by atoms with Crippen LogP contribution in [0.25, 0.3) is 11.4 Å². The number of benzene rings is 1. The van der Waals surface area contributed by atoms with Crippen molar-refractivity contribution >= 4 is 0 Å². The van der Waals surface area contributed by atoms with E-state index in [0.29, 0.717) is 11.7 Å². The molecule has 0 N–H and O–H groups in total. The first-order valence-electron chi connectivity index (χ1n) is 8.01. The zero-order chi connectivity index (χ0) is 15.6. The van der Waals surface area contributed by atoms with E-state index in [-0.39, 0.29) is 0 Å². The Hall–Kier alpha value is -2.40. The van der Waals surface area contributed by atoms with E-state index in [4.69, 9.17) is 4.52 Å². The average Bonchev–Trinajstić information content (AvgIpc) is 3.30. The lowest BCUT2D eigenvalue weighted by molar-refractivity contribution is 0.304. The molecule has 0 bridgehead atoms. The molecule has 3 heterocycles. The molecule has 1 unspecified atom stereocenters. The zero-order valence-corrected chi connectivity index (χ0v) is 13.2. The number of aromatic nitrogens is 3. The molecule has 23 heavy (non-hydrogen) atoms. The summed E-state index contributed by atoms with van der Waals surface area (Å²) in [6.45, 7) is 3.01. The van der Waals surface area contributed by atoms with E-state index in [1.54, 1.807) is 0 Å². The van der Waals surface area contributed by atoms with Crippen LogP contribution >= 0.6 is 0 Å². The molecule has 1 aliphatic heterocycles. The first-order chi connectivity index (χ1) is 11.3. The minimum Gasteiger partial charge on any atom is -0.353 e. The summed E-state index contributed by atoms with van der Waals surface area (Å²) >= 11 is 0. The fraction of sp³-hybridized carbons (Fsp3) is 0.333. The van der Waals surface area contributed by atoms with Gasteiger partial charge in [-0.05, 0) is 25.1 Å². The number of hydrogen-bond acceptors (Lipinski definition) is 4. The van der Waals surface area contributed by atoms with Crippen LogP contribution in [0.1, 0.15) is 23.9 Å². The lowest BCUT2D eigenvalue weighted by Crippen LogP contribution is -2.21. The highest BCUT2D eigenvalue weighted by molar-refractivity contribution is 5.53. The Balaban J connectivity index is 1.44. The SMILES string of the molecule is Cn1cccc1CN1CCC(c2nc(-c3ccccc3)no2)C1. The number of likely N-dealkylation sites (tertiary alicyclic amines) is 1. The standard InChI is InChI=1S/C18H20N4O/c1-21-10-5-8-16(21)13-22-11-9-15(12-22)18-19-17(20-23-18)14-6-3-2-4-7-14/h2-8,10,15H,9,11-13H2,1H3. The first-order valence-corrected chi connectivity index (χ1v) is 8.01. The van der Waals surface area contributed by atoms with E-state index in [2.05, 4.69) is 45.0 Å². The molecular weight excluding hydrogens is 288 g/mol. The van der Waals surface area contributed by atoms with Crippen LogP contribution in [0.4, 0.5) is 0 Å². The number of aryl methyl sites for hydroxylation is 1. The van der Waals surface area contributed by atoms with Crippen LogP contribution in [0.5, 0.6) is 0 Å². The van der Waals surface area contributed by atoms with Crippen molar-refractivity contribution in [3.8, 4) is 11.4 Å². The second-order valence-electron chi connectivity index (χ2n) is 6.15. The van der Waals surface area contributed by atoms with E-state index in [1.807, 2.05) is 30.3 Å². The molecule has 1 saturated heterocycles. The van der Waals surface area contributed by atoms with E-state index >= 15 is 0 Å². The Kier molecular flexibility index (Phi) is 3.71. The van der Waals surface area contributed by atoms with E-state index in [0.717, 1.165) is 37.5 Å². The maximum atomic E-state index is 5.52. The van der Waals surface area contributed by atoms with Crippen molar-refractivity contribution in [2.45, 2.75) is 18.9 Å². The third-order valence-corrected chi connectivity index (χ3v) is 4.53. The predicted octanol–water partition coefficient (Wildman–Crippen LogP) is 3.06. The fourth-order valence-electron chi connectivity index (χ4n) is 3.17. The Bertz CT molecular complexity index is 777. The maximum Gasteiger partial charge on any atom is 0.231 e. The Morgan fingerprint density at radius 3 is 2.83 bits per heavy atom. The molecule has 1 aliphatic rings. The molecule has 118 valence electrons. The molecule has 5 nitrogen and oxygen atoms in total. The molecule has 4 rings (SSSR count). The van der Waals surface area contributed by atoms with Crippen molar-refractivity contribution < 1.29 is 4.52 Å². The fourth-order valence-corrected chi connectivity index (χ4v) is 3.17. The van der Waals surface area contributed by atoms with Crippen molar-refractivity contribution in [2.75, 3.05) is 13.1 Å². The average molecular weight is 308 g/mol. The quantitative estimate of drug-likeness (QED) is 0.743. The van der Waals surface area contributed by atoms with E-state index in [9.17, 15) is 0 Å². The summed E-state index contributed by atoms with van der Waals surface area (Å²) in [6.07, 6.45) is 3.16. The van der Waals surface area contributed by atoms with Gasteiger partial charge < -0.3 is 9.09 Å². The van der Waals surface area contributed by atoms with Crippen LogP contribution in [0.2, 0.25) is 0 Å². The van der Waals surface area contributed by atoms with E-state index in [1.165, 1.54) is 5.69 Å². The Labute approximate surface area is 135 Å². The van der Waals surface area contributed by atoms with Gasteiger partial charge in [0.2, 0.25) is 11.7 Å². The van der Waals surface area contributed by atoms with Gasteiger partial charge >= 0.3 is 0 Å². The normalized spacial score (nSPS) is 18.6. The Morgan fingerprint density at radius 1 is 1.17 bits per heavy atom. The van der Waals surface area contributed by atoms with Gasteiger partial charge in [-0.3, -0.25) is 4.90 Å². The number of hydrogen-bond donors (Lipinski definition) is 0. The molecular formula is C18H20N4O. The third-order valence-electron chi connectivity index (χ3n) is 4.53. The van der Waals surface area contributed by atoms with Crippen molar-refractivity contribution in [1.82, 2.24) is 19.6 Å². The molecule has 0 radical (unpaired) electrons. The van der Waals surface area contributed by atoms with Gasteiger partial charge in [-0.15, -0.1) is 0 Å². The summed E-state index contributed by atoms with van der Waals surface area (Å²) in [5.74, 6) is 1.78. The molecule has 0 spiro atoms. The summed E-state index contributed by atoms with van der Waals surface area (Å²) in [6, 6.07) is 14.2. The zero-order valence-electron chi connectivity index (χ0n) is 13.2. The second-order valence-corrected chi connectivity index (χ2v) is 6.15. The van der Waals surface area contributed by atoms with Crippen LogP contribution in [0.3, 0.4) is 0 Å². The van der Waals surface area contributed by atoms with Gasteiger partial charge in [-0.2, -0.15) is 4.98 Å². The molecule has 5 heteroatoms. The third kappa shape index (κ3) is 2.92. The van der Waals surface area contributed by atoms with Crippen LogP contribution in [-0.4, -0.2) is 32.7 Å². The minimum absolute atomic E-state index is 0.334. The van der Waals surface area contributed by atoms with Crippen LogP contribution in [-0.2, 0) is 13.6 Å². The highest BCUT2D eigenvalue weighted by Crippen LogP contribution is 2.28. The molecule has 1 fully saturated rings. The topological polar surface area (TPSA) is 47.1 Å². The minimum atomic E-state index is 0.334. The van der Waals surface area contributed by atoms with Crippen molar-refractivity contribution in [1.29, 1.82) is 0 Å². The highest BCUT2D eigenvalue weighted by atomic mass is 16.5. The summed E-state index contributed by atoms with van der Waals surface area (Å²) in [5.41, 5.74) is 2.34. The van der Waals surface area contributed by atoms with Gasteiger partial charge in [-0.25, -0.2) is 0 Å². The van der Waals surface area contributed by atoms with Gasteiger partial charge in [0.15, 0.2) is 0 Å². The second kappa shape index (κ2) is 6.01. The largest absolute Gasteiger partial charge is 0.353 e. The first kappa shape index (κ1) is 14.2. The van der Waals surface area contributed by atoms with Crippen LogP contribution in [0, 0.1) is 0 Å². The molecule has 0 amide bonds. The number of rotatable bonds is 4. The van der Waals surface area contributed by atoms with Crippen molar-refractivity contribution in [3.63, 3.8) is 0 Å². The Morgan fingerprint density at radius 2 is 2.04 bits per heavy atom. The van der Waals surface area contributed by atoms with Crippen LogP contribution in [0.15, 0.2) is 53.2 Å². The summed E-state index contributed by atoms with van der Waals surface area (Å²) in [7, 11) is 2.09. The molecule has 1 atom stereocenters. The van der Waals surface area contributed by atoms with Gasteiger partial charge in [-0.1, -0.05) is 35.5 Å². The summed E-state index contributed by atoms with van der Waals surface area (Å²) < 4.78 is 7.69. The smallest absolute Gasteiger partial charge is 0.231 e. The monoisotopic (exact) mass is 308 g/mol.